The van der Waals surface area contributed by atoms with E-state index in [0.717, 1.165) is 11.6 Å². The van der Waals surface area contributed by atoms with E-state index < -0.39 is 11.3 Å². The third kappa shape index (κ3) is 3.81. The lowest BCUT2D eigenvalue weighted by Gasteiger charge is -2.07. The van der Waals surface area contributed by atoms with Crippen molar-refractivity contribution < 1.29 is 13.8 Å². The Morgan fingerprint density at radius 2 is 1.80 bits per heavy atom. The van der Waals surface area contributed by atoms with E-state index in [1.807, 2.05) is 24.3 Å². The minimum Gasteiger partial charge on any atom is -0.449 e. The predicted molar refractivity (Wildman–Crippen MR) is 114 cm³/mol. The summed E-state index contributed by atoms with van der Waals surface area (Å²) in [5.74, 6) is -0.454. The molecule has 0 aliphatic carbocycles. The molecule has 2 aromatic heterocycles. The topological polar surface area (TPSA) is 98.2 Å². The first-order valence-corrected chi connectivity index (χ1v) is 9.76. The molecule has 0 aliphatic heterocycles. The summed E-state index contributed by atoms with van der Waals surface area (Å²) in [6.45, 7) is 4.19. The lowest BCUT2D eigenvalue weighted by Crippen LogP contribution is -2.15. The first-order chi connectivity index (χ1) is 14.3. The summed E-state index contributed by atoms with van der Waals surface area (Å²) < 4.78 is 10.3. The molecule has 2 heterocycles. The Morgan fingerprint density at radius 3 is 2.50 bits per heavy atom. The highest BCUT2D eigenvalue weighted by Gasteiger charge is 2.20. The number of nitrogens with zero attached hydrogens (tertiary/aromatic N) is 2. The second-order valence-corrected chi connectivity index (χ2v) is 7.78. The van der Waals surface area contributed by atoms with Gasteiger partial charge in [0.05, 0.1) is 10.4 Å². The van der Waals surface area contributed by atoms with Crippen molar-refractivity contribution in [3.63, 3.8) is 0 Å². The van der Waals surface area contributed by atoms with Gasteiger partial charge in [-0.15, -0.1) is 0 Å². The number of nitrogens with one attached hydrogen (secondary N) is 1. The Bertz CT molecular complexity index is 1310. The first kappa shape index (κ1) is 20.1. The summed E-state index contributed by atoms with van der Waals surface area (Å²) >= 11 is 12.0. The quantitative estimate of drug-likeness (QED) is 0.445. The number of halogens is 2. The highest BCUT2D eigenvalue weighted by Crippen LogP contribution is 2.28. The Hall–Kier alpha value is -3.16. The van der Waals surface area contributed by atoms with Crippen LogP contribution in [0.4, 0.5) is 5.82 Å². The molecule has 0 saturated heterocycles. The fourth-order valence-corrected chi connectivity index (χ4v) is 3.48. The number of aromatic nitrogens is 2. The smallest absolute Gasteiger partial charge is 0.292 e. The van der Waals surface area contributed by atoms with Crippen LogP contribution in [0.5, 0.6) is 0 Å². The zero-order chi connectivity index (χ0) is 21.4. The number of amides is 1. The number of hydrogen-bond acceptors (Lipinski definition) is 6. The van der Waals surface area contributed by atoms with Crippen LogP contribution in [-0.2, 0) is 0 Å². The Morgan fingerprint density at radius 1 is 1.07 bits per heavy atom. The van der Waals surface area contributed by atoms with E-state index in [9.17, 15) is 9.59 Å². The van der Waals surface area contributed by atoms with Crippen molar-refractivity contribution in [3.8, 4) is 11.3 Å². The molecule has 4 rings (SSSR count). The van der Waals surface area contributed by atoms with Gasteiger partial charge < -0.3 is 4.42 Å². The summed E-state index contributed by atoms with van der Waals surface area (Å²) in [6.07, 6.45) is 0. The van der Waals surface area contributed by atoms with E-state index in [1.165, 1.54) is 12.1 Å². The molecule has 0 saturated carbocycles. The Balaban J connectivity index is 1.66. The average Bonchev–Trinajstić information content (AvgIpc) is 3.16. The van der Waals surface area contributed by atoms with Crippen LogP contribution < -0.4 is 10.7 Å². The minimum atomic E-state index is -0.698. The van der Waals surface area contributed by atoms with Crippen LogP contribution >= 0.6 is 23.2 Å². The fourth-order valence-electron chi connectivity index (χ4n) is 2.95. The van der Waals surface area contributed by atoms with Gasteiger partial charge in [-0.1, -0.05) is 61.3 Å². The normalized spacial score (nSPS) is 11.2. The number of anilines is 1. The van der Waals surface area contributed by atoms with E-state index in [0.29, 0.717) is 22.2 Å². The monoisotopic (exact) mass is 443 g/mol. The highest BCUT2D eigenvalue weighted by molar-refractivity contribution is 6.38. The molecule has 4 aromatic rings. The number of fused-ring (bicyclic) bond motifs is 1. The number of hydrogen-bond donors (Lipinski definition) is 1. The fraction of sp³-hybridized carbons (Fsp3) is 0.143. The van der Waals surface area contributed by atoms with Crippen LogP contribution in [0.15, 0.2) is 56.3 Å². The molecule has 0 radical (unpaired) electrons. The molecule has 9 heteroatoms. The van der Waals surface area contributed by atoms with Crippen molar-refractivity contribution in [1.29, 1.82) is 0 Å². The Kier molecular flexibility index (Phi) is 5.32. The molecule has 2 aromatic carbocycles. The van der Waals surface area contributed by atoms with Crippen LogP contribution in [0.1, 0.15) is 35.9 Å². The average molecular weight is 444 g/mol. The molecule has 7 nitrogen and oxygen atoms in total. The van der Waals surface area contributed by atoms with Crippen LogP contribution in [0.25, 0.3) is 22.2 Å². The predicted octanol–water partition coefficient (Wildman–Crippen LogP) is 5.53. The summed E-state index contributed by atoms with van der Waals surface area (Å²) in [5.41, 5.74) is 1.85. The van der Waals surface area contributed by atoms with Crippen molar-refractivity contribution in [2.75, 3.05) is 5.32 Å². The number of rotatable bonds is 4. The molecule has 0 aliphatic rings. The van der Waals surface area contributed by atoms with E-state index in [4.69, 9.17) is 32.2 Å². The largest absolute Gasteiger partial charge is 0.449 e. The summed E-state index contributed by atoms with van der Waals surface area (Å²) in [7, 11) is 0. The molecule has 152 valence electrons. The van der Waals surface area contributed by atoms with Gasteiger partial charge in [-0.05, 0) is 33.9 Å². The second-order valence-electron chi connectivity index (χ2n) is 6.93. The Labute approximate surface area is 180 Å². The zero-order valence-electron chi connectivity index (χ0n) is 15.9. The minimum absolute atomic E-state index is 0.0708. The van der Waals surface area contributed by atoms with Gasteiger partial charge in [0.2, 0.25) is 5.82 Å². The molecule has 0 atom stereocenters. The van der Waals surface area contributed by atoms with E-state index in [1.54, 1.807) is 0 Å². The van der Waals surface area contributed by atoms with Gasteiger partial charge in [-0.2, -0.15) is 0 Å². The van der Waals surface area contributed by atoms with Crippen molar-refractivity contribution in [2.24, 2.45) is 0 Å². The summed E-state index contributed by atoms with van der Waals surface area (Å²) in [5, 5.41) is 10.8. The lowest BCUT2D eigenvalue weighted by molar-refractivity contribution is 0.0996. The second kappa shape index (κ2) is 7.93. The first-order valence-electron chi connectivity index (χ1n) is 9.00. The van der Waals surface area contributed by atoms with Gasteiger partial charge in [0, 0.05) is 16.7 Å². The van der Waals surface area contributed by atoms with Crippen molar-refractivity contribution in [2.45, 2.75) is 19.8 Å². The van der Waals surface area contributed by atoms with Crippen LogP contribution in [0, 0.1) is 0 Å². The maximum Gasteiger partial charge on any atom is 0.292 e. The molecule has 30 heavy (non-hydrogen) atoms. The van der Waals surface area contributed by atoms with Crippen molar-refractivity contribution >= 4 is 45.9 Å². The zero-order valence-corrected chi connectivity index (χ0v) is 17.4. The van der Waals surface area contributed by atoms with Gasteiger partial charge >= 0.3 is 0 Å². The molecule has 1 amide bonds. The van der Waals surface area contributed by atoms with Crippen molar-refractivity contribution in [3.05, 3.63) is 74.1 Å². The molecule has 0 unspecified atom stereocenters. The van der Waals surface area contributed by atoms with Gasteiger partial charge in [0.1, 0.15) is 0 Å². The van der Waals surface area contributed by atoms with Crippen LogP contribution in [0.3, 0.4) is 0 Å². The SMILES string of the molecule is CC(C)c1ccc(-c2nonc2NC(=O)c2cc(=O)c3cc(Cl)cc(Cl)c3o2)cc1. The third-order valence-corrected chi connectivity index (χ3v) is 5.04. The van der Waals surface area contributed by atoms with E-state index >= 15 is 0 Å². The van der Waals surface area contributed by atoms with Gasteiger partial charge in [-0.25, -0.2) is 4.63 Å². The van der Waals surface area contributed by atoms with Crippen LogP contribution in [0.2, 0.25) is 10.0 Å². The highest BCUT2D eigenvalue weighted by atomic mass is 35.5. The lowest BCUT2D eigenvalue weighted by atomic mass is 10.0. The summed E-state index contributed by atoms with van der Waals surface area (Å²) in [6, 6.07) is 11.6. The molecule has 0 spiro atoms. The number of carbonyl (C=O) groups excluding carboxylic acids is 1. The molecule has 1 N–H and O–H groups in total. The van der Waals surface area contributed by atoms with Gasteiger partial charge in [0.25, 0.3) is 5.91 Å². The maximum atomic E-state index is 12.7. The van der Waals surface area contributed by atoms with Crippen LogP contribution in [-0.4, -0.2) is 16.2 Å². The summed E-state index contributed by atoms with van der Waals surface area (Å²) in [4.78, 5) is 25.1. The molecule has 0 fully saturated rings. The maximum absolute atomic E-state index is 12.7. The third-order valence-electron chi connectivity index (χ3n) is 4.54. The van der Waals surface area contributed by atoms with Gasteiger partial charge in [0.15, 0.2) is 22.5 Å². The molecule has 0 bridgehead atoms. The number of benzene rings is 2. The van der Waals surface area contributed by atoms with Gasteiger partial charge in [-0.3, -0.25) is 14.9 Å². The van der Waals surface area contributed by atoms with E-state index in [2.05, 4.69) is 29.5 Å². The van der Waals surface area contributed by atoms with E-state index in [-0.39, 0.29) is 27.6 Å². The molecular weight excluding hydrogens is 429 g/mol. The molecular formula is C21H15Cl2N3O4. The standard InChI is InChI=1S/C21H15Cl2N3O4/c1-10(2)11-3-5-12(6-4-11)18-20(26-30-25-18)24-21(28)17-9-16(27)14-7-13(22)8-15(23)19(14)29-17/h3-10H,1-2H3,(H,24,26,28). The van der Waals surface area contributed by atoms with Crippen molar-refractivity contribution in [1.82, 2.24) is 10.3 Å². The number of carbonyl (C=O) groups is 1.